The molecule has 2 N–H and O–H groups in total. The van der Waals surface area contributed by atoms with Crippen molar-refractivity contribution in [3.8, 4) is 29.0 Å². The number of rotatable bonds is 6. The predicted molar refractivity (Wildman–Crippen MR) is 135 cm³/mol. The van der Waals surface area contributed by atoms with Crippen LogP contribution in [0, 0.1) is 24.2 Å². The Kier molecular flexibility index (Phi) is 6.69. The number of nitriles is 1. The van der Waals surface area contributed by atoms with Crippen LogP contribution in [-0.2, 0) is 13.0 Å². The number of aromatic nitrogens is 4. The molecule has 1 fully saturated rings. The molecule has 2 aromatic heterocycles. The average molecular weight is 472 g/mol. The van der Waals surface area contributed by atoms with E-state index < -0.39 is 0 Å². The number of ether oxygens (including phenoxy) is 1. The van der Waals surface area contributed by atoms with E-state index in [0.29, 0.717) is 18.1 Å². The van der Waals surface area contributed by atoms with E-state index >= 15 is 0 Å². The fourth-order valence-corrected chi connectivity index (χ4v) is 5.56. The highest BCUT2D eigenvalue weighted by Crippen LogP contribution is 2.36. The first kappa shape index (κ1) is 23.3. The lowest BCUT2D eigenvalue weighted by Crippen LogP contribution is -2.27. The van der Waals surface area contributed by atoms with Gasteiger partial charge in [-0.2, -0.15) is 10.4 Å². The molecule has 2 aliphatic rings. The maximum Gasteiger partial charge on any atom is 0.263 e. The van der Waals surface area contributed by atoms with Crippen molar-refractivity contribution in [2.45, 2.75) is 64.5 Å². The number of aryl methyl sites for hydroxylation is 1. The summed E-state index contributed by atoms with van der Waals surface area (Å²) in [5.74, 6) is 1.52. The van der Waals surface area contributed by atoms with Crippen molar-refractivity contribution in [1.82, 2.24) is 24.6 Å². The molecule has 0 spiro atoms. The largest absolute Gasteiger partial charge is 0.433 e. The number of hydrogen-bond donors (Lipinski definition) is 1. The molecule has 3 heterocycles. The van der Waals surface area contributed by atoms with E-state index in [4.69, 9.17) is 15.5 Å². The lowest BCUT2D eigenvalue weighted by molar-refractivity contribution is 0.237. The molecule has 5 rings (SSSR count). The van der Waals surface area contributed by atoms with Crippen molar-refractivity contribution in [3.63, 3.8) is 0 Å². The van der Waals surface area contributed by atoms with Crippen LogP contribution in [0.25, 0.3) is 11.3 Å². The zero-order valence-corrected chi connectivity index (χ0v) is 20.6. The zero-order chi connectivity index (χ0) is 24.4. The Labute approximate surface area is 206 Å². The van der Waals surface area contributed by atoms with Gasteiger partial charge >= 0.3 is 0 Å². The number of nitrogens with two attached hydrogens (primary N) is 1. The molecule has 35 heavy (non-hydrogen) atoms. The summed E-state index contributed by atoms with van der Waals surface area (Å²) in [5.41, 5.74) is 11.9. The number of likely N-dealkylation sites (N-methyl/N-ethyl adjacent to an activating group) is 1. The average Bonchev–Trinajstić information content (AvgIpc) is 3.32. The van der Waals surface area contributed by atoms with Crippen LogP contribution in [0.3, 0.4) is 0 Å². The highest BCUT2D eigenvalue weighted by atomic mass is 16.5. The van der Waals surface area contributed by atoms with Gasteiger partial charge in [-0.1, -0.05) is 19.3 Å². The first-order valence-corrected chi connectivity index (χ1v) is 12.5. The molecular weight excluding hydrogens is 438 g/mol. The first-order chi connectivity index (χ1) is 17.0. The van der Waals surface area contributed by atoms with Gasteiger partial charge in [-0.3, -0.25) is 4.68 Å². The molecule has 0 radical (unpaired) electrons. The monoisotopic (exact) mass is 471 g/mol. The van der Waals surface area contributed by atoms with E-state index in [2.05, 4.69) is 47.2 Å². The number of nitrogen functional groups attached to an aromatic ring is 1. The maximum absolute atomic E-state index is 9.39. The van der Waals surface area contributed by atoms with Crippen LogP contribution in [0.5, 0.6) is 11.6 Å². The lowest BCUT2D eigenvalue weighted by atomic mass is 9.83. The van der Waals surface area contributed by atoms with Gasteiger partial charge in [0, 0.05) is 18.7 Å². The highest BCUT2D eigenvalue weighted by molar-refractivity contribution is 5.64. The van der Waals surface area contributed by atoms with Gasteiger partial charge in [0.2, 0.25) is 0 Å². The molecule has 0 saturated heterocycles. The molecule has 0 amide bonds. The van der Waals surface area contributed by atoms with Gasteiger partial charge in [-0.25, -0.2) is 9.97 Å². The van der Waals surface area contributed by atoms with Crippen molar-refractivity contribution >= 4 is 5.82 Å². The van der Waals surface area contributed by atoms with Crippen molar-refractivity contribution < 1.29 is 4.74 Å². The number of benzene rings is 1. The van der Waals surface area contributed by atoms with E-state index in [1.807, 2.05) is 10.9 Å². The molecule has 3 aromatic rings. The van der Waals surface area contributed by atoms with E-state index in [-0.39, 0.29) is 17.7 Å². The number of hydrogen-bond acceptors (Lipinski definition) is 7. The second kappa shape index (κ2) is 10.0. The van der Waals surface area contributed by atoms with Crippen LogP contribution < -0.4 is 10.5 Å². The molecule has 1 aromatic carbocycles. The van der Waals surface area contributed by atoms with Gasteiger partial charge in [-0.05, 0) is 68.0 Å². The minimum atomic E-state index is 0.0593. The summed E-state index contributed by atoms with van der Waals surface area (Å²) < 4.78 is 7.93. The SMILES string of the molecule is Cc1cc(-c2cnc(N)c(Oc3cnn(C(CC#N)C4CCCCC4)c3)n2)cc2c1CCN(C)C2. The smallest absolute Gasteiger partial charge is 0.263 e. The Hall–Kier alpha value is -3.44. The van der Waals surface area contributed by atoms with E-state index in [9.17, 15) is 5.26 Å². The normalized spacial score (nSPS) is 17.5. The van der Waals surface area contributed by atoms with Gasteiger partial charge in [-0.15, -0.1) is 0 Å². The van der Waals surface area contributed by atoms with Crippen molar-refractivity contribution in [3.05, 3.63) is 47.4 Å². The molecule has 8 nitrogen and oxygen atoms in total. The van der Waals surface area contributed by atoms with Crippen LogP contribution in [0.4, 0.5) is 5.82 Å². The van der Waals surface area contributed by atoms with Gasteiger partial charge in [0.25, 0.3) is 5.88 Å². The summed E-state index contributed by atoms with van der Waals surface area (Å²) in [7, 11) is 2.15. The van der Waals surface area contributed by atoms with Gasteiger partial charge in [0.15, 0.2) is 11.6 Å². The summed E-state index contributed by atoms with van der Waals surface area (Å²) in [4.78, 5) is 11.4. The Morgan fingerprint density at radius 2 is 2.06 bits per heavy atom. The summed E-state index contributed by atoms with van der Waals surface area (Å²) in [5, 5.41) is 13.9. The fourth-order valence-electron chi connectivity index (χ4n) is 5.56. The summed E-state index contributed by atoms with van der Waals surface area (Å²) in [6, 6.07) is 6.77. The summed E-state index contributed by atoms with van der Waals surface area (Å²) in [6.45, 7) is 4.17. The minimum Gasteiger partial charge on any atom is -0.433 e. The van der Waals surface area contributed by atoms with Crippen molar-refractivity contribution in [2.75, 3.05) is 19.3 Å². The Morgan fingerprint density at radius 3 is 2.86 bits per heavy atom. The molecule has 1 saturated carbocycles. The molecule has 0 bridgehead atoms. The van der Waals surface area contributed by atoms with Crippen molar-refractivity contribution in [2.24, 2.45) is 5.92 Å². The molecule has 1 aliphatic heterocycles. The predicted octanol–water partition coefficient (Wildman–Crippen LogP) is 5.05. The van der Waals surface area contributed by atoms with Gasteiger partial charge in [0.05, 0.1) is 42.8 Å². The molecular formula is C27H33N7O. The molecule has 1 atom stereocenters. The lowest BCUT2D eigenvalue weighted by Gasteiger charge is -2.28. The third-order valence-electron chi connectivity index (χ3n) is 7.44. The van der Waals surface area contributed by atoms with Crippen LogP contribution in [-0.4, -0.2) is 38.2 Å². The number of fused-ring (bicyclic) bond motifs is 1. The topological polar surface area (TPSA) is 106 Å². The second-order valence-corrected chi connectivity index (χ2v) is 9.95. The quantitative estimate of drug-likeness (QED) is 0.536. The highest BCUT2D eigenvalue weighted by Gasteiger charge is 2.26. The fraction of sp³-hybridized carbons (Fsp3) is 0.481. The molecule has 1 aliphatic carbocycles. The zero-order valence-electron chi connectivity index (χ0n) is 20.6. The third-order valence-corrected chi connectivity index (χ3v) is 7.44. The maximum atomic E-state index is 9.39. The summed E-state index contributed by atoms with van der Waals surface area (Å²) in [6.07, 6.45) is 12.7. The molecule has 182 valence electrons. The van der Waals surface area contributed by atoms with Crippen LogP contribution >= 0.6 is 0 Å². The molecule has 8 heteroatoms. The van der Waals surface area contributed by atoms with Crippen LogP contribution in [0.2, 0.25) is 0 Å². The minimum absolute atomic E-state index is 0.0593. The van der Waals surface area contributed by atoms with Crippen LogP contribution in [0.1, 0.15) is 61.3 Å². The van der Waals surface area contributed by atoms with Crippen molar-refractivity contribution in [1.29, 1.82) is 5.26 Å². The van der Waals surface area contributed by atoms with Gasteiger partial charge < -0.3 is 15.4 Å². The standard InChI is InChI=1S/C27H33N7O/c1-18-12-20(13-21-16-33(2)11-9-23(18)21)24-15-30-26(29)27(32-24)35-22-14-31-34(17-22)25(8-10-28)19-6-4-3-5-7-19/h12-15,17,19,25H,3-9,11,16H2,1-2H3,(H2,29,30). The van der Waals surface area contributed by atoms with Gasteiger partial charge in [0.1, 0.15) is 0 Å². The first-order valence-electron chi connectivity index (χ1n) is 12.5. The third kappa shape index (κ3) is 5.01. The Balaban J connectivity index is 1.39. The van der Waals surface area contributed by atoms with E-state index in [0.717, 1.165) is 43.6 Å². The summed E-state index contributed by atoms with van der Waals surface area (Å²) >= 11 is 0. The Bertz CT molecular complexity index is 1240. The molecule has 1 unspecified atom stereocenters. The second-order valence-electron chi connectivity index (χ2n) is 9.95. The number of anilines is 1. The van der Waals surface area contributed by atoms with Crippen LogP contribution in [0.15, 0.2) is 30.7 Å². The van der Waals surface area contributed by atoms with E-state index in [1.54, 1.807) is 12.4 Å². The Morgan fingerprint density at radius 1 is 1.23 bits per heavy atom. The van der Waals surface area contributed by atoms with E-state index in [1.165, 1.54) is 36.0 Å². The number of nitrogens with zero attached hydrogens (tertiary/aromatic N) is 6.